The lowest BCUT2D eigenvalue weighted by molar-refractivity contribution is -0.113. The smallest absolute Gasteiger partial charge is 0.234 e. The standard InChI is InChI=1S/C12H17NO3S/c1-4-16-10-6-5-9(7-11(10)15-2)13-12(14)8-17-3/h5-7H,4,8H2,1-3H3,(H,13,14). The van der Waals surface area contributed by atoms with E-state index < -0.39 is 0 Å². The molecule has 0 aromatic heterocycles. The van der Waals surface area contributed by atoms with Gasteiger partial charge in [-0.05, 0) is 25.3 Å². The number of hydrogen-bond acceptors (Lipinski definition) is 4. The average molecular weight is 255 g/mol. The van der Waals surface area contributed by atoms with Crippen LogP contribution >= 0.6 is 11.8 Å². The number of ether oxygens (including phenoxy) is 2. The number of nitrogens with one attached hydrogen (secondary N) is 1. The van der Waals surface area contributed by atoms with E-state index in [0.717, 1.165) is 0 Å². The van der Waals surface area contributed by atoms with E-state index in [1.165, 1.54) is 11.8 Å². The van der Waals surface area contributed by atoms with Crippen LogP contribution in [0, 0.1) is 0 Å². The van der Waals surface area contributed by atoms with Crippen molar-refractivity contribution in [1.82, 2.24) is 0 Å². The van der Waals surface area contributed by atoms with E-state index in [9.17, 15) is 4.79 Å². The number of anilines is 1. The Morgan fingerprint density at radius 1 is 1.41 bits per heavy atom. The Morgan fingerprint density at radius 2 is 2.18 bits per heavy atom. The first-order valence-corrected chi connectivity index (χ1v) is 6.70. The topological polar surface area (TPSA) is 47.6 Å². The van der Waals surface area contributed by atoms with E-state index in [1.54, 1.807) is 25.3 Å². The highest BCUT2D eigenvalue weighted by Crippen LogP contribution is 2.30. The van der Waals surface area contributed by atoms with Gasteiger partial charge in [0.15, 0.2) is 11.5 Å². The van der Waals surface area contributed by atoms with Crippen molar-refractivity contribution in [2.75, 3.05) is 31.0 Å². The predicted octanol–water partition coefficient (Wildman–Crippen LogP) is 2.40. The highest BCUT2D eigenvalue weighted by atomic mass is 32.2. The molecule has 1 rings (SSSR count). The van der Waals surface area contributed by atoms with Crippen LogP contribution in [0.4, 0.5) is 5.69 Å². The van der Waals surface area contributed by atoms with Gasteiger partial charge in [-0.3, -0.25) is 4.79 Å². The molecule has 1 aromatic carbocycles. The number of carbonyl (C=O) groups excluding carboxylic acids is 1. The lowest BCUT2D eigenvalue weighted by Gasteiger charge is -2.11. The number of methoxy groups -OCH3 is 1. The van der Waals surface area contributed by atoms with Crippen LogP contribution in [-0.4, -0.2) is 31.6 Å². The molecule has 1 N–H and O–H groups in total. The van der Waals surface area contributed by atoms with Gasteiger partial charge >= 0.3 is 0 Å². The van der Waals surface area contributed by atoms with Gasteiger partial charge in [-0.25, -0.2) is 0 Å². The Hall–Kier alpha value is -1.36. The highest BCUT2D eigenvalue weighted by molar-refractivity contribution is 7.99. The number of benzene rings is 1. The van der Waals surface area contributed by atoms with Crippen LogP contribution in [0.2, 0.25) is 0 Å². The van der Waals surface area contributed by atoms with Crippen LogP contribution in [0.15, 0.2) is 18.2 Å². The van der Waals surface area contributed by atoms with Gasteiger partial charge in [0.1, 0.15) is 0 Å². The van der Waals surface area contributed by atoms with Crippen LogP contribution in [0.5, 0.6) is 11.5 Å². The van der Waals surface area contributed by atoms with Crippen LogP contribution in [-0.2, 0) is 4.79 Å². The summed E-state index contributed by atoms with van der Waals surface area (Å²) in [5.41, 5.74) is 0.712. The van der Waals surface area contributed by atoms with Crippen molar-refractivity contribution in [1.29, 1.82) is 0 Å². The summed E-state index contributed by atoms with van der Waals surface area (Å²) in [5.74, 6) is 1.71. The largest absolute Gasteiger partial charge is 0.493 e. The maximum atomic E-state index is 11.4. The maximum absolute atomic E-state index is 11.4. The summed E-state index contributed by atoms with van der Waals surface area (Å²) in [6, 6.07) is 5.34. The number of amides is 1. The molecule has 0 fully saturated rings. The molecule has 0 aliphatic heterocycles. The summed E-state index contributed by atoms with van der Waals surface area (Å²) in [6.45, 7) is 2.49. The Labute approximate surface area is 106 Å². The molecule has 0 spiro atoms. The van der Waals surface area contributed by atoms with E-state index in [-0.39, 0.29) is 5.91 Å². The van der Waals surface area contributed by atoms with Gasteiger partial charge in [0.25, 0.3) is 0 Å². The Kier molecular flexibility index (Phi) is 5.69. The molecular formula is C12H17NO3S. The van der Waals surface area contributed by atoms with Crippen LogP contribution in [0.1, 0.15) is 6.92 Å². The molecule has 0 aliphatic rings. The second-order valence-electron chi connectivity index (χ2n) is 3.28. The molecule has 0 bridgehead atoms. The highest BCUT2D eigenvalue weighted by Gasteiger charge is 2.07. The van der Waals surface area contributed by atoms with Gasteiger partial charge in [0.2, 0.25) is 5.91 Å². The van der Waals surface area contributed by atoms with Crippen molar-refractivity contribution in [2.45, 2.75) is 6.92 Å². The lowest BCUT2D eigenvalue weighted by Crippen LogP contribution is -2.13. The van der Waals surface area contributed by atoms with Gasteiger partial charge in [0, 0.05) is 11.8 Å². The molecule has 0 unspecified atom stereocenters. The van der Waals surface area contributed by atoms with Gasteiger partial charge in [0.05, 0.1) is 19.5 Å². The zero-order chi connectivity index (χ0) is 12.7. The van der Waals surface area contributed by atoms with Crippen molar-refractivity contribution in [3.63, 3.8) is 0 Å². The maximum Gasteiger partial charge on any atom is 0.234 e. The minimum absolute atomic E-state index is 0.0243. The number of hydrogen-bond donors (Lipinski definition) is 1. The van der Waals surface area contributed by atoms with E-state index in [2.05, 4.69) is 5.32 Å². The fraction of sp³-hybridized carbons (Fsp3) is 0.417. The molecule has 0 radical (unpaired) electrons. The molecule has 0 saturated carbocycles. The molecule has 0 aliphatic carbocycles. The fourth-order valence-electron chi connectivity index (χ4n) is 1.35. The van der Waals surface area contributed by atoms with Crippen molar-refractivity contribution in [3.8, 4) is 11.5 Å². The fourth-order valence-corrected chi connectivity index (χ4v) is 1.68. The first kappa shape index (κ1) is 13.7. The minimum atomic E-state index is -0.0243. The molecule has 1 amide bonds. The quantitative estimate of drug-likeness (QED) is 0.848. The lowest BCUT2D eigenvalue weighted by atomic mass is 10.2. The van der Waals surface area contributed by atoms with Gasteiger partial charge in [-0.2, -0.15) is 11.8 Å². The normalized spacial score (nSPS) is 9.82. The predicted molar refractivity (Wildman–Crippen MR) is 71.2 cm³/mol. The average Bonchev–Trinajstić information content (AvgIpc) is 2.31. The molecule has 1 aromatic rings. The summed E-state index contributed by atoms with van der Waals surface area (Å²) in [6.07, 6.45) is 1.89. The van der Waals surface area contributed by atoms with Crippen molar-refractivity contribution >= 4 is 23.4 Å². The van der Waals surface area contributed by atoms with Crippen molar-refractivity contribution in [2.24, 2.45) is 0 Å². The SMILES string of the molecule is CCOc1ccc(NC(=O)CSC)cc1OC. The third-order valence-corrected chi connectivity index (χ3v) is 2.57. The molecule has 0 heterocycles. The summed E-state index contributed by atoms with van der Waals surface area (Å²) in [7, 11) is 1.57. The molecule has 94 valence electrons. The first-order chi connectivity index (χ1) is 8.21. The van der Waals surface area contributed by atoms with Crippen LogP contribution in [0.3, 0.4) is 0 Å². The van der Waals surface area contributed by atoms with E-state index >= 15 is 0 Å². The van der Waals surface area contributed by atoms with Crippen LogP contribution < -0.4 is 14.8 Å². The zero-order valence-electron chi connectivity index (χ0n) is 10.3. The van der Waals surface area contributed by atoms with E-state index in [0.29, 0.717) is 29.5 Å². The van der Waals surface area contributed by atoms with Gasteiger partial charge < -0.3 is 14.8 Å². The van der Waals surface area contributed by atoms with Crippen molar-refractivity contribution in [3.05, 3.63) is 18.2 Å². The first-order valence-electron chi connectivity index (χ1n) is 5.30. The molecule has 0 atom stereocenters. The summed E-state index contributed by atoms with van der Waals surface area (Å²) in [4.78, 5) is 11.4. The summed E-state index contributed by atoms with van der Waals surface area (Å²) in [5, 5.41) is 2.79. The molecule has 17 heavy (non-hydrogen) atoms. The van der Waals surface area contributed by atoms with E-state index in [4.69, 9.17) is 9.47 Å². The van der Waals surface area contributed by atoms with Gasteiger partial charge in [-0.1, -0.05) is 0 Å². The molecule has 0 saturated heterocycles. The monoisotopic (exact) mass is 255 g/mol. The minimum Gasteiger partial charge on any atom is -0.493 e. The number of carbonyl (C=O) groups is 1. The Bertz CT molecular complexity index is 382. The van der Waals surface area contributed by atoms with Gasteiger partial charge in [-0.15, -0.1) is 0 Å². The molecular weight excluding hydrogens is 238 g/mol. The van der Waals surface area contributed by atoms with Crippen LogP contribution in [0.25, 0.3) is 0 Å². The second-order valence-corrected chi connectivity index (χ2v) is 4.15. The zero-order valence-corrected chi connectivity index (χ0v) is 11.1. The number of thioether (sulfide) groups is 1. The Morgan fingerprint density at radius 3 is 2.76 bits per heavy atom. The summed E-state index contributed by atoms with van der Waals surface area (Å²) < 4.78 is 10.6. The molecule has 5 heteroatoms. The second kappa shape index (κ2) is 7.06. The van der Waals surface area contributed by atoms with Crippen molar-refractivity contribution < 1.29 is 14.3 Å². The molecule has 4 nitrogen and oxygen atoms in total. The Balaban J connectivity index is 2.78. The van der Waals surface area contributed by atoms with E-state index in [1.807, 2.05) is 13.2 Å². The summed E-state index contributed by atoms with van der Waals surface area (Å²) >= 11 is 1.48. The third kappa shape index (κ3) is 4.19. The number of rotatable bonds is 6. The third-order valence-electron chi connectivity index (χ3n) is 2.02.